The summed E-state index contributed by atoms with van der Waals surface area (Å²) in [5, 5.41) is 12.0. The van der Waals surface area contributed by atoms with Crippen molar-refractivity contribution < 1.29 is 4.79 Å². The molecule has 138 valence electrons. The quantitative estimate of drug-likeness (QED) is 0.680. The van der Waals surface area contributed by atoms with Crippen LogP contribution in [-0.2, 0) is 24.7 Å². The summed E-state index contributed by atoms with van der Waals surface area (Å²) in [4.78, 5) is 12.6. The van der Waals surface area contributed by atoms with E-state index in [0.717, 1.165) is 35.1 Å². The van der Waals surface area contributed by atoms with Crippen molar-refractivity contribution in [1.29, 1.82) is 0 Å². The zero-order valence-electron chi connectivity index (χ0n) is 15.5. The lowest BCUT2D eigenvalue weighted by molar-refractivity contribution is -0.115. The van der Waals surface area contributed by atoms with E-state index < -0.39 is 0 Å². The fraction of sp³-hybridized carbons (Fsp3) is 0.286. The number of thioether (sulfide) groups is 1. The van der Waals surface area contributed by atoms with Crippen molar-refractivity contribution >= 4 is 23.4 Å². The highest BCUT2D eigenvalue weighted by Gasteiger charge is 2.20. The summed E-state index contributed by atoms with van der Waals surface area (Å²) >= 11 is 1.42. The van der Waals surface area contributed by atoms with E-state index in [9.17, 15) is 4.79 Å². The van der Waals surface area contributed by atoms with Gasteiger partial charge in [-0.15, -0.1) is 10.2 Å². The molecule has 1 aliphatic rings. The van der Waals surface area contributed by atoms with Crippen molar-refractivity contribution in [3.8, 4) is 11.4 Å². The molecule has 0 saturated carbocycles. The van der Waals surface area contributed by atoms with Gasteiger partial charge < -0.3 is 9.88 Å². The first-order valence-electron chi connectivity index (χ1n) is 9.16. The number of amides is 1. The zero-order chi connectivity index (χ0) is 18.8. The molecule has 0 unspecified atom stereocenters. The topological polar surface area (TPSA) is 59.8 Å². The summed E-state index contributed by atoms with van der Waals surface area (Å²) in [5.74, 6) is 0.770. The van der Waals surface area contributed by atoms with Gasteiger partial charge in [-0.2, -0.15) is 0 Å². The van der Waals surface area contributed by atoms with E-state index in [1.54, 1.807) is 0 Å². The second-order valence-corrected chi connectivity index (χ2v) is 8.13. The molecule has 1 aromatic heterocycles. The Kier molecular flexibility index (Phi) is 4.99. The molecule has 1 atom stereocenters. The Morgan fingerprint density at radius 1 is 1.11 bits per heavy atom. The van der Waals surface area contributed by atoms with Crippen LogP contribution in [0.15, 0.2) is 53.7 Å². The number of nitrogens with one attached hydrogen (secondary N) is 1. The average molecular weight is 379 g/mol. The predicted octanol–water partition coefficient (Wildman–Crippen LogP) is 4.09. The molecule has 0 saturated heterocycles. The van der Waals surface area contributed by atoms with Crippen molar-refractivity contribution in [1.82, 2.24) is 14.8 Å². The molecule has 0 fully saturated rings. The molecule has 1 aliphatic carbocycles. The second-order valence-electron chi connectivity index (χ2n) is 6.82. The van der Waals surface area contributed by atoms with Crippen LogP contribution in [-0.4, -0.2) is 25.9 Å². The number of anilines is 1. The monoisotopic (exact) mass is 378 g/mol. The van der Waals surface area contributed by atoms with Gasteiger partial charge in [0, 0.05) is 18.3 Å². The van der Waals surface area contributed by atoms with Gasteiger partial charge in [-0.3, -0.25) is 4.79 Å². The Labute approximate surface area is 163 Å². The van der Waals surface area contributed by atoms with Gasteiger partial charge in [-0.05, 0) is 49.4 Å². The summed E-state index contributed by atoms with van der Waals surface area (Å²) in [5.41, 5.74) is 4.64. The van der Waals surface area contributed by atoms with E-state index in [-0.39, 0.29) is 11.2 Å². The van der Waals surface area contributed by atoms with E-state index in [2.05, 4.69) is 27.6 Å². The van der Waals surface area contributed by atoms with Crippen LogP contribution in [0.25, 0.3) is 11.4 Å². The summed E-state index contributed by atoms with van der Waals surface area (Å²) in [7, 11) is 1.93. The normalized spacial score (nSPS) is 14.0. The lowest BCUT2D eigenvalue weighted by atomic mass is 10.1. The van der Waals surface area contributed by atoms with Crippen LogP contribution in [0, 0.1) is 0 Å². The Balaban J connectivity index is 1.44. The lowest BCUT2D eigenvalue weighted by Crippen LogP contribution is -2.23. The third kappa shape index (κ3) is 3.76. The van der Waals surface area contributed by atoms with Gasteiger partial charge in [0.25, 0.3) is 0 Å². The molecular weight excluding hydrogens is 356 g/mol. The molecule has 27 heavy (non-hydrogen) atoms. The number of benzene rings is 2. The van der Waals surface area contributed by atoms with Crippen LogP contribution in [0.3, 0.4) is 0 Å². The summed E-state index contributed by atoms with van der Waals surface area (Å²) < 4.78 is 1.93. The number of hydrogen-bond acceptors (Lipinski definition) is 4. The van der Waals surface area contributed by atoms with Crippen LogP contribution >= 0.6 is 11.8 Å². The van der Waals surface area contributed by atoms with E-state index in [0.29, 0.717) is 0 Å². The molecule has 6 heteroatoms. The lowest BCUT2D eigenvalue weighted by Gasteiger charge is -2.12. The third-order valence-electron chi connectivity index (χ3n) is 4.88. The van der Waals surface area contributed by atoms with Gasteiger partial charge >= 0.3 is 0 Å². The summed E-state index contributed by atoms with van der Waals surface area (Å²) in [6.07, 6.45) is 3.45. The Morgan fingerprint density at radius 3 is 2.70 bits per heavy atom. The first-order valence-corrected chi connectivity index (χ1v) is 10.0. The minimum Gasteiger partial charge on any atom is -0.325 e. The molecule has 0 aliphatic heterocycles. The van der Waals surface area contributed by atoms with Gasteiger partial charge in [-0.1, -0.05) is 48.2 Å². The summed E-state index contributed by atoms with van der Waals surface area (Å²) in [6.45, 7) is 1.89. The Hall–Kier alpha value is -2.60. The van der Waals surface area contributed by atoms with E-state index >= 15 is 0 Å². The number of aromatic nitrogens is 3. The SMILES string of the molecule is C[C@H](Sc1nnc(-c2ccccc2)n1C)C(=O)Nc1ccc2c(c1)CCC2. The fourth-order valence-electron chi connectivity index (χ4n) is 3.36. The molecule has 1 heterocycles. The maximum absolute atomic E-state index is 12.6. The minimum absolute atomic E-state index is 0.0257. The zero-order valence-corrected chi connectivity index (χ0v) is 16.3. The van der Waals surface area contributed by atoms with Gasteiger partial charge in [0.05, 0.1) is 5.25 Å². The summed E-state index contributed by atoms with van der Waals surface area (Å²) in [6, 6.07) is 16.2. The van der Waals surface area contributed by atoms with Gasteiger partial charge in [-0.25, -0.2) is 0 Å². The predicted molar refractivity (Wildman–Crippen MR) is 109 cm³/mol. The van der Waals surface area contributed by atoms with Crippen LogP contribution in [0.4, 0.5) is 5.69 Å². The number of aryl methyl sites for hydroxylation is 2. The third-order valence-corrected chi connectivity index (χ3v) is 6.02. The number of hydrogen-bond donors (Lipinski definition) is 1. The van der Waals surface area contributed by atoms with E-state index in [4.69, 9.17) is 0 Å². The van der Waals surface area contributed by atoms with Crippen LogP contribution in [0.1, 0.15) is 24.5 Å². The van der Waals surface area contributed by atoms with Crippen molar-refractivity contribution in [3.05, 3.63) is 59.7 Å². The number of carbonyl (C=O) groups is 1. The van der Waals surface area contributed by atoms with Gasteiger partial charge in [0.15, 0.2) is 11.0 Å². The van der Waals surface area contributed by atoms with Crippen LogP contribution in [0.5, 0.6) is 0 Å². The molecule has 3 aromatic rings. The smallest absolute Gasteiger partial charge is 0.237 e. The van der Waals surface area contributed by atoms with Gasteiger partial charge in [0.2, 0.25) is 5.91 Å². The van der Waals surface area contributed by atoms with Crippen molar-refractivity contribution in [2.75, 3.05) is 5.32 Å². The molecule has 0 radical (unpaired) electrons. The first kappa shape index (κ1) is 17.8. The van der Waals surface area contributed by atoms with Crippen molar-refractivity contribution in [2.45, 2.75) is 36.6 Å². The highest BCUT2D eigenvalue weighted by atomic mass is 32.2. The minimum atomic E-state index is -0.273. The number of nitrogens with zero attached hydrogens (tertiary/aromatic N) is 3. The van der Waals surface area contributed by atoms with Crippen molar-refractivity contribution in [2.24, 2.45) is 7.05 Å². The highest BCUT2D eigenvalue weighted by molar-refractivity contribution is 8.00. The van der Waals surface area contributed by atoms with E-state index in [1.165, 1.54) is 29.3 Å². The average Bonchev–Trinajstić information content (AvgIpc) is 3.29. The molecule has 5 nitrogen and oxygen atoms in total. The fourth-order valence-corrected chi connectivity index (χ4v) is 4.18. The largest absolute Gasteiger partial charge is 0.325 e. The standard InChI is InChI=1S/C21H22N4OS/c1-14(20(26)22-18-12-11-15-9-6-10-17(15)13-18)27-21-24-23-19(25(21)2)16-7-4-3-5-8-16/h3-5,7-8,11-14H,6,9-10H2,1-2H3,(H,22,26)/t14-/m0/s1. The number of carbonyl (C=O) groups excluding carboxylic acids is 1. The van der Waals surface area contributed by atoms with Crippen molar-refractivity contribution in [3.63, 3.8) is 0 Å². The molecular formula is C21H22N4OS. The second kappa shape index (κ2) is 7.56. The van der Waals surface area contributed by atoms with Crippen LogP contribution in [0.2, 0.25) is 0 Å². The maximum atomic E-state index is 12.6. The highest BCUT2D eigenvalue weighted by Crippen LogP contribution is 2.28. The molecule has 4 rings (SSSR count). The van der Waals surface area contributed by atoms with Gasteiger partial charge in [0.1, 0.15) is 0 Å². The number of fused-ring (bicyclic) bond motifs is 1. The first-order chi connectivity index (χ1) is 13.1. The van der Waals surface area contributed by atoms with E-state index in [1.807, 2.05) is 54.9 Å². The molecule has 1 N–H and O–H groups in total. The van der Waals surface area contributed by atoms with Crippen LogP contribution < -0.4 is 5.32 Å². The Bertz CT molecular complexity index is 968. The Morgan fingerprint density at radius 2 is 1.89 bits per heavy atom. The molecule has 0 spiro atoms. The molecule has 0 bridgehead atoms. The maximum Gasteiger partial charge on any atom is 0.237 e. The molecule has 2 aromatic carbocycles. The molecule has 1 amide bonds. The number of rotatable bonds is 5.